The molecule has 2 atom stereocenters. The van der Waals surface area contributed by atoms with E-state index in [1.165, 1.54) is 12.0 Å². The second-order valence-corrected chi connectivity index (χ2v) is 10.7. The topological polar surface area (TPSA) is 67.8 Å². The molecule has 2 fully saturated rings. The molecule has 0 saturated carbocycles. The van der Waals surface area contributed by atoms with Gasteiger partial charge >= 0.3 is 0 Å². The molecule has 2 aliphatic heterocycles. The first-order valence-electron chi connectivity index (χ1n) is 14.4. The lowest BCUT2D eigenvalue weighted by Gasteiger charge is -2.40. The number of ether oxygens (including phenoxy) is 2. The summed E-state index contributed by atoms with van der Waals surface area (Å²) in [5.41, 5.74) is 3.88. The van der Waals surface area contributed by atoms with Crippen LogP contribution in [0, 0.1) is 0 Å². The van der Waals surface area contributed by atoms with Crippen molar-refractivity contribution in [3.8, 4) is 11.3 Å². The van der Waals surface area contributed by atoms with Crippen LogP contribution in [0.25, 0.3) is 22.0 Å². The van der Waals surface area contributed by atoms with Crippen LogP contribution in [0.3, 0.4) is 0 Å². The maximum absolute atomic E-state index is 13.0. The molecular weight excluding hydrogens is 500 g/mol. The fourth-order valence-electron chi connectivity index (χ4n) is 5.72. The molecule has 0 radical (unpaired) electrons. The van der Waals surface area contributed by atoms with Crippen molar-refractivity contribution in [3.05, 3.63) is 90.0 Å². The number of hydrogen-bond acceptors (Lipinski definition) is 6. The molecule has 1 aromatic heterocycles. The lowest BCUT2D eigenvalue weighted by atomic mass is 10.0. The van der Waals surface area contributed by atoms with Crippen molar-refractivity contribution < 1.29 is 14.3 Å². The van der Waals surface area contributed by atoms with Crippen LogP contribution in [-0.2, 0) is 15.9 Å². The first-order chi connectivity index (χ1) is 19.7. The number of piperazine rings is 1. The molecule has 3 aromatic carbocycles. The lowest BCUT2D eigenvalue weighted by Crippen LogP contribution is -2.54. The lowest BCUT2D eigenvalue weighted by molar-refractivity contribution is -0.161. The number of fused-ring (bicyclic) bond motifs is 1. The molecule has 40 heavy (non-hydrogen) atoms. The molecular formula is C33H36N4O3. The second-order valence-electron chi connectivity index (χ2n) is 10.7. The third kappa shape index (κ3) is 5.71. The van der Waals surface area contributed by atoms with Crippen LogP contribution in [0.4, 0.5) is 5.82 Å². The van der Waals surface area contributed by atoms with Crippen LogP contribution in [0.15, 0.2) is 78.9 Å². The van der Waals surface area contributed by atoms with Gasteiger partial charge in [0, 0.05) is 54.2 Å². The highest BCUT2D eigenvalue weighted by Gasteiger charge is 2.29. The predicted octanol–water partition coefficient (Wildman–Crippen LogP) is 5.73. The molecule has 2 saturated heterocycles. The average Bonchev–Trinajstić information content (AvgIpc) is 3.02. The number of carbonyl (C=O) groups excluding carboxylic acids is 1. The molecule has 206 valence electrons. The Morgan fingerprint density at radius 2 is 1.70 bits per heavy atom. The SMILES string of the molecule is CC1CN(C(=O)c2ccccc2)CCN1c1nnc(-c2ccc(CCOC3CCCCO3)cc2)c2ccccc12. The zero-order valence-electron chi connectivity index (χ0n) is 23.0. The Morgan fingerprint density at radius 3 is 2.45 bits per heavy atom. The van der Waals surface area contributed by atoms with Gasteiger partial charge in [0.05, 0.1) is 6.61 Å². The van der Waals surface area contributed by atoms with E-state index in [1.54, 1.807) is 0 Å². The number of anilines is 1. The smallest absolute Gasteiger partial charge is 0.253 e. The predicted molar refractivity (Wildman–Crippen MR) is 157 cm³/mol. The first kappa shape index (κ1) is 26.4. The molecule has 0 N–H and O–H groups in total. The number of carbonyl (C=O) groups is 1. The minimum Gasteiger partial charge on any atom is -0.353 e. The molecule has 2 unspecified atom stereocenters. The maximum Gasteiger partial charge on any atom is 0.253 e. The highest BCUT2D eigenvalue weighted by Crippen LogP contribution is 2.33. The van der Waals surface area contributed by atoms with Crippen molar-refractivity contribution in [1.82, 2.24) is 15.1 Å². The van der Waals surface area contributed by atoms with Crippen molar-refractivity contribution in [2.45, 2.75) is 44.9 Å². The van der Waals surface area contributed by atoms with Crippen LogP contribution in [0.1, 0.15) is 42.1 Å². The van der Waals surface area contributed by atoms with Gasteiger partial charge in [-0.2, -0.15) is 0 Å². The number of aromatic nitrogens is 2. The summed E-state index contributed by atoms with van der Waals surface area (Å²) in [5.74, 6) is 0.952. The van der Waals surface area contributed by atoms with E-state index in [9.17, 15) is 4.79 Å². The van der Waals surface area contributed by atoms with Gasteiger partial charge in [0.15, 0.2) is 12.1 Å². The van der Waals surface area contributed by atoms with Gasteiger partial charge < -0.3 is 19.3 Å². The van der Waals surface area contributed by atoms with Crippen molar-refractivity contribution in [3.63, 3.8) is 0 Å². The third-order valence-corrected chi connectivity index (χ3v) is 7.94. The monoisotopic (exact) mass is 536 g/mol. The van der Waals surface area contributed by atoms with Crippen LogP contribution in [-0.4, -0.2) is 66.2 Å². The van der Waals surface area contributed by atoms with Crippen LogP contribution < -0.4 is 4.90 Å². The Labute approximate surface area is 235 Å². The van der Waals surface area contributed by atoms with E-state index in [4.69, 9.17) is 19.7 Å². The number of amides is 1. The van der Waals surface area contributed by atoms with Crippen LogP contribution in [0.2, 0.25) is 0 Å². The number of rotatable bonds is 7. The van der Waals surface area contributed by atoms with E-state index in [2.05, 4.69) is 60.4 Å². The molecule has 0 spiro atoms. The summed E-state index contributed by atoms with van der Waals surface area (Å²) in [7, 11) is 0. The van der Waals surface area contributed by atoms with Crippen molar-refractivity contribution in [1.29, 1.82) is 0 Å². The number of hydrogen-bond donors (Lipinski definition) is 0. The Hall–Kier alpha value is -3.81. The fraction of sp³-hybridized carbons (Fsp3) is 0.364. The van der Waals surface area contributed by atoms with Gasteiger partial charge in [0.25, 0.3) is 5.91 Å². The van der Waals surface area contributed by atoms with Crippen molar-refractivity contribution in [2.24, 2.45) is 0 Å². The molecule has 3 heterocycles. The zero-order chi connectivity index (χ0) is 27.3. The van der Waals surface area contributed by atoms with E-state index < -0.39 is 0 Å². The summed E-state index contributed by atoms with van der Waals surface area (Å²) in [5, 5.41) is 11.6. The molecule has 0 bridgehead atoms. The zero-order valence-corrected chi connectivity index (χ0v) is 23.0. The maximum atomic E-state index is 13.0. The van der Waals surface area contributed by atoms with Gasteiger partial charge in [0.1, 0.15) is 5.69 Å². The third-order valence-electron chi connectivity index (χ3n) is 7.94. The van der Waals surface area contributed by atoms with Crippen LogP contribution in [0.5, 0.6) is 0 Å². The van der Waals surface area contributed by atoms with Crippen molar-refractivity contribution >= 4 is 22.5 Å². The first-order valence-corrected chi connectivity index (χ1v) is 14.4. The van der Waals surface area contributed by atoms with Crippen LogP contribution >= 0.6 is 0 Å². The summed E-state index contributed by atoms with van der Waals surface area (Å²) < 4.78 is 11.6. The highest BCUT2D eigenvalue weighted by molar-refractivity contribution is 6.00. The molecule has 7 nitrogen and oxygen atoms in total. The van der Waals surface area contributed by atoms with E-state index >= 15 is 0 Å². The Kier molecular flexibility index (Phi) is 8.02. The molecule has 2 aliphatic rings. The van der Waals surface area contributed by atoms with Gasteiger partial charge in [-0.25, -0.2) is 0 Å². The van der Waals surface area contributed by atoms with Gasteiger partial charge in [-0.15, -0.1) is 10.2 Å². The van der Waals surface area contributed by atoms with Gasteiger partial charge in [-0.05, 0) is 50.3 Å². The normalized spacial score (nSPS) is 19.6. The Bertz CT molecular complexity index is 1440. The molecule has 6 rings (SSSR count). The van der Waals surface area contributed by atoms with Crippen molar-refractivity contribution in [2.75, 3.05) is 37.7 Å². The van der Waals surface area contributed by atoms with E-state index in [0.717, 1.165) is 59.3 Å². The summed E-state index contributed by atoms with van der Waals surface area (Å²) in [6.45, 7) is 5.61. The fourth-order valence-corrected chi connectivity index (χ4v) is 5.72. The summed E-state index contributed by atoms with van der Waals surface area (Å²) in [6.07, 6.45) is 4.09. The molecule has 1 amide bonds. The van der Waals surface area contributed by atoms with E-state index in [-0.39, 0.29) is 18.2 Å². The minimum atomic E-state index is -0.0526. The molecule has 4 aromatic rings. The quantitative estimate of drug-likeness (QED) is 0.300. The van der Waals surface area contributed by atoms with E-state index in [0.29, 0.717) is 26.2 Å². The average molecular weight is 537 g/mol. The molecule has 0 aliphatic carbocycles. The van der Waals surface area contributed by atoms with E-state index in [1.807, 2.05) is 35.2 Å². The summed E-state index contributed by atoms with van der Waals surface area (Å²) >= 11 is 0. The molecule has 7 heteroatoms. The number of nitrogens with zero attached hydrogens (tertiary/aromatic N) is 4. The number of benzene rings is 3. The Balaban J connectivity index is 1.16. The summed E-state index contributed by atoms with van der Waals surface area (Å²) in [4.78, 5) is 17.2. The standard InChI is InChI=1S/C33H36N4O3/c1-24-23-36(33(38)27-9-3-2-4-10-27)19-20-37(24)32-29-12-6-5-11-28(29)31(34-35-32)26-16-14-25(15-17-26)18-22-40-30-13-7-8-21-39-30/h2-6,9-12,14-17,24,30H,7-8,13,18-23H2,1H3. The van der Waals surface area contributed by atoms with Gasteiger partial charge in [-0.1, -0.05) is 66.7 Å². The van der Waals surface area contributed by atoms with Gasteiger partial charge in [0.2, 0.25) is 0 Å². The second kappa shape index (κ2) is 12.1. The minimum absolute atomic E-state index is 0.0526. The Morgan fingerprint density at radius 1 is 0.925 bits per heavy atom. The largest absolute Gasteiger partial charge is 0.353 e. The summed E-state index contributed by atoms with van der Waals surface area (Å²) in [6, 6.07) is 26.5. The van der Waals surface area contributed by atoms with Gasteiger partial charge in [-0.3, -0.25) is 4.79 Å². The highest BCUT2D eigenvalue weighted by atomic mass is 16.7.